The van der Waals surface area contributed by atoms with Crippen LogP contribution in [0.3, 0.4) is 0 Å². The predicted molar refractivity (Wildman–Crippen MR) is 84.5 cm³/mol. The van der Waals surface area contributed by atoms with Gasteiger partial charge in [0.15, 0.2) is 6.29 Å². The first-order chi connectivity index (χ1) is 10.8. The van der Waals surface area contributed by atoms with Crippen LogP contribution in [0.15, 0.2) is 0 Å². The standard InChI is InChI=1S/C17H30N2O3/c1-14(18-8-4-2-3-5-9-18)16(20)19-10-6-15(7-11-19)17-21-12-13-22-17/h14-15,17H,2-13H2,1H3/t14-/m0/s1. The Labute approximate surface area is 133 Å². The molecule has 3 fully saturated rings. The van der Waals surface area contributed by atoms with E-state index in [-0.39, 0.29) is 12.3 Å². The van der Waals surface area contributed by atoms with Gasteiger partial charge in [0, 0.05) is 19.0 Å². The Morgan fingerprint density at radius 3 is 2.14 bits per heavy atom. The molecule has 3 heterocycles. The van der Waals surface area contributed by atoms with Crippen molar-refractivity contribution in [3.8, 4) is 0 Å². The minimum absolute atomic E-state index is 0.0275. The summed E-state index contributed by atoms with van der Waals surface area (Å²) in [5, 5.41) is 0. The van der Waals surface area contributed by atoms with Crippen LogP contribution in [0.4, 0.5) is 0 Å². The molecule has 3 aliphatic rings. The number of rotatable bonds is 3. The van der Waals surface area contributed by atoms with Crippen LogP contribution in [0.1, 0.15) is 45.4 Å². The van der Waals surface area contributed by atoms with E-state index in [0.29, 0.717) is 11.8 Å². The van der Waals surface area contributed by atoms with Gasteiger partial charge in [-0.25, -0.2) is 0 Å². The van der Waals surface area contributed by atoms with Crippen LogP contribution in [-0.4, -0.2) is 67.4 Å². The van der Waals surface area contributed by atoms with Crippen LogP contribution in [0, 0.1) is 5.92 Å². The van der Waals surface area contributed by atoms with E-state index in [1.165, 1.54) is 25.7 Å². The first kappa shape index (κ1) is 16.2. The van der Waals surface area contributed by atoms with Crippen molar-refractivity contribution in [1.29, 1.82) is 0 Å². The summed E-state index contributed by atoms with van der Waals surface area (Å²) in [5.41, 5.74) is 0. The van der Waals surface area contributed by atoms with Gasteiger partial charge in [-0.1, -0.05) is 12.8 Å². The fourth-order valence-electron chi connectivity index (χ4n) is 3.94. The van der Waals surface area contributed by atoms with Crippen molar-refractivity contribution < 1.29 is 14.3 Å². The Bertz CT molecular complexity index is 355. The summed E-state index contributed by atoms with van der Waals surface area (Å²) in [6.45, 7) is 7.38. The molecule has 126 valence electrons. The lowest BCUT2D eigenvalue weighted by Crippen LogP contribution is -2.50. The van der Waals surface area contributed by atoms with Gasteiger partial charge in [0.25, 0.3) is 0 Å². The lowest BCUT2D eigenvalue weighted by atomic mass is 9.95. The Hall–Kier alpha value is -0.650. The molecule has 3 saturated heterocycles. The van der Waals surface area contributed by atoms with Crippen LogP contribution < -0.4 is 0 Å². The van der Waals surface area contributed by atoms with E-state index >= 15 is 0 Å². The normalized spacial score (nSPS) is 27.8. The number of nitrogens with zero attached hydrogens (tertiary/aromatic N) is 2. The quantitative estimate of drug-likeness (QED) is 0.798. The highest BCUT2D eigenvalue weighted by molar-refractivity contribution is 5.81. The second-order valence-electron chi connectivity index (χ2n) is 6.90. The summed E-state index contributed by atoms with van der Waals surface area (Å²) in [6.07, 6.45) is 7.06. The topological polar surface area (TPSA) is 42.0 Å². The zero-order chi connectivity index (χ0) is 15.4. The van der Waals surface area contributed by atoms with Crippen LogP contribution in [0.5, 0.6) is 0 Å². The van der Waals surface area contributed by atoms with Gasteiger partial charge in [-0.2, -0.15) is 0 Å². The lowest BCUT2D eigenvalue weighted by Gasteiger charge is -2.37. The highest BCUT2D eigenvalue weighted by Crippen LogP contribution is 2.26. The molecule has 0 saturated carbocycles. The maximum absolute atomic E-state index is 12.8. The van der Waals surface area contributed by atoms with Crippen LogP contribution in [-0.2, 0) is 14.3 Å². The molecule has 0 spiro atoms. The summed E-state index contributed by atoms with van der Waals surface area (Å²) in [7, 11) is 0. The molecule has 5 heteroatoms. The first-order valence-electron chi connectivity index (χ1n) is 9.02. The molecule has 3 aliphatic heterocycles. The molecular weight excluding hydrogens is 280 g/mol. The number of ether oxygens (including phenoxy) is 2. The predicted octanol–water partition coefficient (Wildman–Crippen LogP) is 1.86. The van der Waals surface area contributed by atoms with E-state index in [0.717, 1.165) is 52.2 Å². The van der Waals surface area contributed by atoms with Gasteiger partial charge in [0.2, 0.25) is 5.91 Å². The number of hydrogen-bond donors (Lipinski definition) is 0. The van der Waals surface area contributed by atoms with Gasteiger partial charge < -0.3 is 14.4 Å². The minimum atomic E-state index is -0.0275. The molecule has 0 aromatic heterocycles. The zero-order valence-electron chi connectivity index (χ0n) is 13.8. The van der Waals surface area contributed by atoms with Crippen LogP contribution in [0.2, 0.25) is 0 Å². The summed E-state index contributed by atoms with van der Waals surface area (Å²) in [5.74, 6) is 0.772. The van der Waals surface area contributed by atoms with E-state index in [2.05, 4.69) is 16.7 Å². The van der Waals surface area contributed by atoms with Gasteiger partial charge in [-0.05, 0) is 45.7 Å². The number of hydrogen-bond acceptors (Lipinski definition) is 4. The maximum Gasteiger partial charge on any atom is 0.239 e. The van der Waals surface area contributed by atoms with Gasteiger partial charge in [0.1, 0.15) is 0 Å². The Kier molecular flexibility index (Phi) is 5.71. The van der Waals surface area contributed by atoms with Crippen molar-refractivity contribution >= 4 is 5.91 Å². The van der Waals surface area contributed by atoms with Crippen molar-refractivity contribution in [2.24, 2.45) is 5.92 Å². The molecule has 3 rings (SSSR count). The average Bonchev–Trinajstić information content (AvgIpc) is 2.96. The molecule has 1 atom stereocenters. The number of likely N-dealkylation sites (tertiary alicyclic amines) is 2. The van der Waals surface area contributed by atoms with Crippen molar-refractivity contribution in [1.82, 2.24) is 9.80 Å². The van der Waals surface area contributed by atoms with Crippen molar-refractivity contribution in [2.45, 2.75) is 57.8 Å². The van der Waals surface area contributed by atoms with Crippen molar-refractivity contribution in [2.75, 3.05) is 39.4 Å². The van der Waals surface area contributed by atoms with E-state index in [1.54, 1.807) is 0 Å². The summed E-state index contributed by atoms with van der Waals surface area (Å²) >= 11 is 0. The molecule has 0 aromatic carbocycles. The van der Waals surface area contributed by atoms with Crippen molar-refractivity contribution in [3.63, 3.8) is 0 Å². The number of amides is 1. The minimum Gasteiger partial charge on any atom is -0.350 e. The Morgan fingerprint density at radius 1 is 0.955 bits per heavy atom. The zero-order valence-corrected chi connectivity index (χ0v) is 13.8. The first-order valence-corrected chi connectivity index (χ1v) is 9.02. The molecule has 0 aliphatic carbocycles. The second-order valence-corrected chi connectivity index (χ2v) is 6.90. The SMILES string of the molecule is C[C@@H](C(=O)N1CCC(C2OCCO2)CC1)N1CCCCCC1. The third-order valence-electron chi connectivity index (χ3n) is 5.43. The monoisotopic (exact) mass is 310 g/mol. The Balaban J connectivity index is 1.48. The van der Waals surface area contributed by atoms with Gasteiger partial charge in [0.05, 0.1) is 19.3 Å². The fourth-order valence-corrected chi connectivity index (χ4v) is 3.94. The number of carbonyl (C=O) groups excluding carboxylic acids is 1. The highest BCUT2D eigenvalue weighted by Gasteiger charge is 2.34. The van der Waals surface area contributed by atoms with E-state index in [4.69, 9.17) is 9.47 Å². The number of carbonyl (C=O) groups is 1. The fraction of sp³-hybridized carbons (Fsp3) is 0.941. The highest BCUT2D eigenvalue weighted by atomic mass is 16.7. The second kappa shape index (κ2) is 7.75. The van der Waals surface area contributed by atoms with Crippen molar-refractivity contribution in [3.05, 3.63) is 0 Å². The van der Waals surface area contributed by atoms with E-state index in [1.807, 2.05) is 0 Å². The largest absolute Gasteiger partial charge is 0.350 e. The number of piperidine rings is 1. The van der Waals surface area contributed by atoms with Crippen LogP contribution >= 0.6 is 0 Å². The molecule has 0 aromatic rings. The lowest BCUT2D eigenvalue weighted by molar-refractivity contribution is -0.141. The molecule has 0 bridgehead atoms. The molecular formula is C17H30N2O3. The molecule has 0 unspecified atom stereocenters. The smallest absolute Gasteiger partial charge is 0.239 e. The van der Waals surface area contributed by atoms with Gasteiger partial charge >= 0.3 is 0 Å². The Morgan fingerprint density at radius 2 is 1.55 bits per heavy atom. The molecule has 1 amide bonds. The summed E-state index contributed by atoms with van der Waals surface area (Å²) in [6, 6.07) is 0.0358. The van der Waals surface area contributed by atoms with Gasteiger partial charge in [-0.3, -0.25) is 9.69 Å². The summed E-state index contributed by atoms with van der Waals surface area (Å²) < 4.78 is 11.2. The molecule has 0 radical (unpaired) electrons. The van der Waals surface area contributed by atoms with Gasteiger partial charge in [-0.15, -0.1) is 0 Å². The third kappa shape index (κ3) is 3.81. The van der Waals surface area contributed by atoms with E-state index in [9.17, 15) is 4.79 Å². The maximum atomic E-state index is 12.8. The van der Waals surface area contributed by atoms with Crippen LogP contribution in [0.25, 0.3) is 0 Å². The van der Waals surface area contributed by atoms with E-state index < -0.39 is 0 Å². The average molecular weight is 310 g/mol. The molecule has 22 heavy (non-hydrogen) atoms. The summed E-state index contributed by atoms with van der Waals surface area (Å²) in [4.78, 5) is 17.2. The third-order valence-corrected chi connectivity index (χ3v) is 5.43. The molecule has 0 N–H and O–H groups in total. The molecule has 5 nitrogen and oxygen atoms in total.